The Kier molecular flexibility index (Phi) is 1.66. The van der Waals surface area contributed by atoms with Crippen LogP contribution in [-0.4, -0.2) is 21.0 Å². The van der Waals surface area contributed by atoms with Crippen molar-refractivity contribution in [2.24, 2.45) is 11.3 Å². The van der Waals surface area contributed by atoms with Crippen molar-refractivity contribution in [3.63, 3.8) is 0 Å². The van der Waals surface area contributed by atoms with Crippen molar-refractivity contribution >= 4 is 15.9 Å². The molecule has 0 spiro atoms. The Morgan fingerprint density at radius 1 is 1.71 bits per heavy atom. The molecule has 2 aliphatic rings. The van der Waals surface area contributed by atoms with Crippen molar-refractivity contribution in [1.29, 1.82) is 0 Å². The van der Waals surface area contributed by atoms with Crippen molar-refractivity contribution in [3.8, 4) is 0 Å². The molecule has 3 unspecified atom stereocenters. The molecule has 1 N–H and O–H groups in total. The normalized spacial score (nSPS) is 41.4. The molecule has 1 aromatic rings. The molecule has 14 heavy (non-hydrogen) atoms. The molecule has 76 valence electrons. The molecule has 0 aliphatic heterocycles. The van der Waals surface area contributed by atoms with Crippen LogP contribution in [0.15, 0.2) is 16.9 Å². The van der Waals surface area contributed by atoms with E-state index in [1.807, 2.05) is 24.0 Å². The molecule has 0 bridgehead atoms. The van der Waals surface area contributed by atoms with Gasteiger partial charge in [0.25, 0.3) is 0 Å². The van der Waals surface area contributed by atoms with Gasteiger partial charge in [0, 0.05) is 11.6 Å². The van der Waals surface area contributed by atoms with E-state index in [2.05, 4.69) is 21.0 Å². The van der Waals surface area contributed by atoms with Crippen LogP contribution in [0.25, 0.3) is 0 Å². The molecule has 0 aromatic carbocycles. The summed E-state index contributed by atoms with van der Waals surface area (Å²) in [7, 11) is 0. The average molecular weight is 257 g/mol. The Morgan fingerprint density at radius 2 is 2.50 bits per heavy atom. The van der Waals surface area contributed by atoms with Crippen LogP contribution in [0.5, 0.6) is 0 Å². The van der Waals surface area contributed by atoms with Gasteiger partial charge < -0.3 is 5.11 Å². The molecule has 1 aromatic heterocycles. The van der Waals surface area contributed by atoms with Crippen molar-refractivity contribution in [2.75, 3.05) is 0 Å². The predicted octanol–water partition coefficient (Wildman–Crippen LogP) is 1.98. The van der Waals surface area contributed by atoms with E-state index < -0.39 is 0 Å². The van der Waals surface area contributed by atoms with Crippen LogP contribution in [0, 0.1) is 11.3 Å². The Morgan fingerprint density at radius 3 is 2.93 bits per heavy atom. The predicted molar refractivity (Wildman–Crippen MR) is 55.8 cm³/mol. The minimum absolute atomic E-state index is 0.150. The lowest BCUT2D eigenvalue weighted by Crippen LogP contribution is -2.36. The topological polar surface area (TPSA) is 38.0 Å². The number of nitrogens with zero attached hydrogens (tertiary/aromatic N) is 2. The van der Waals surface area contributed by atoms with Crippen molar-refractivity contribution in [1.82, 2.24) is 9.78 Å². The minimum Gasteiger partial charge on any atom is -0.393 e. The van der Waals surface area contributed by atoms with Gasteiger partial charge in [-0.3, -0.25) is 4.68 Å². The first-order valence-electron chi connectivity index (χ1n) is 5.01. The smallest absolute Gasteiger partial charge is 0.0632 e. The SMILES string of the molecule is CC(O)C12CC(n3cc(Br)cn3)[C@@H]1C2. The summed E-state index contributed by atoms with van der Waals surface area (Å²) in [5, 5.41) is 13.9. The maximum absolute atomic E-state index is 9.60. The molecule has 3 nitrogen and oxygen atoms in total. The number of halogens is 1. The van der Waals surface area contributed by atoms with Crippen molar-refractivity contribution in [2.45, 2.75) is 31.9 Å². The third-order valence-electron chi connectivity index (χ3n) is 3.97. The first kappa shape index (κ1) is 8.92. The lowest BCUT2D eigenvalue weighted by molar-refractivity contribution is 0.0261. The van der Waals surface area contributed by atoms with Crippen LogP contribution in [-0.2, 0) is 0 Å². The van der Waals surface area contributed by atoms with Gasteiger partial charge in [-0.25, -0.2) is 0 Å². The standard InChI is InChI=1S/C10H13BrN2O/c1-6(14)10-2-8(10)9(3-10)13-5-7(11)4-12-13/h4-6,8-9,14H,2-3H2,1H3/t6?,8-,9?,10?/m0/s1. The molecule has 3 rings (SSSR count). The van der Waals surface area contributed by atoms with E-state index >= 15 is 0 Å². The van der Waals surface area contributed by atoms with Gasteiger partial charge >= 0.3 is 0 Å². The number of aromatic nitrogens is 2. The third-order valence-corrected chi connectivity index (χ3v) is 4.38. The number of hydrogen-bond donors (Lipinski definition) is 1. The molecule has 4 heteroatoms. The molecule has 0 saturated heterocycles. The first-order chi connectivity index (χ1) is 6.63. The van der Waals surface area contributed by atoms with Gasteiger partial charge in [-0.2, -0.15) is 5.10 Å². The number of aliphatic hydroxyl groups is 1. The van der Waals surface area contributed by atoms with Gasteiger partial charge in [-0.05, 0) is 41.6 Å². The highest BCUT2D eigenvalue weighted by Gasteiger charge is 2.70. The van der Waals surface area contributed by atoms with E-state index in [9.17, 15) is 5.11 Å². The fraction of sp³-hybridized carbons (Fsp3) is 0.700. The number of fused-ring (bicyclic) bond motifs is 1. The van der Waals surface area contributed by atoms with Crippen LogP contribution >= 0.6 is 15.9 Å². The van der Waals surface area contributed by atoms with Gasteiger partial charge in [0.1, 0.15) is 0 Å². The van der Waals surface area contributed by atoms with Crippen molar-refractivity contribution in [3.05, 3.63) is 16.9 Å². The summed E-state index contributed by atoms with van der Waals surface area (Å²) < 4.78 is 3.07. The summed E-state index contributed by atoms with van der Waals surface area (Å²) in [5.74, 6) is 0.661. The largest absolute Gasteiger partial charge is 0.393 e. The summed E-state index contributed by atoms with van der Waals surface area (Å²) in [6.45, 7) is 1.91. The maximum Gasteiger partial charge on any atom is 0.0632 e. The second kappa shape index (κ2) is 2.61. The van der Waals surface area contributed by atoms with E-state index in [0.717, 1.165) is 10.9 Å². The molecule has 0 amide bonds. The summed E-state index contributed by atoms with van der Waals surface area (Å²) in [4.78, 5) is 0. The summed E-state index contributed by atoms with van der Waals surface area (Å²) in [5.41, 5.74) is 0.253. The van der Waals surface area contributed by atoms with E-state index in [1.165, 1.54) is 6.42 Å². The van der Waals surface area contributed by atoms with Crippen LogP contribution in [0.4, 0.5) is 0 Å². The van der Waals surface area contributed by atoms with Gasteiger partial charge in [0.2, 0.25) is 0 Å². The summed E-state index contributed by atoms with van der Waals surface area (Å²) >= 11 is 3.40. The fourth-order valence-electron chi connectivity index (χ4n) is 2.90. The maximum atomic E-state index is 9.60. The Balaban J connectivity index is 1.76. The summed E-state index contributed by atoms with van der Waals surface area (Å²) in [6.07, 6.45) is 5.96. The van der Waals surface area contributed by atoms with Crippen LogP contribution in [0.3, 0.4) is 0 Å². The number of hydrogen-bond acceptors (Lipinski definition) is 2. The number of rotatable bonds is 2. The Labute approximate surface area is 91.2 Å². The molecule has 2 saturated carbocycles. The number of aliphatic hydroxyl groups excluding tert-OH is 1. The van der Waals surface area contributed by atoms with E-state index in [1.54, 1.807) is 0 Å². The highest BCUT2D eigenvalue weighted by atomic mass is 79.9. The zero-order valence-electron chi connectivity index (χ0n) is 8.02. The van der Waals surface area contributed by atoms with Gasteiger partial charge in [0.05, 0.1) is 22.8 Å². The Hall–Kier alpha value is -0.350. The van der Waals surface area contributed by atoms with Gasteiger partial charge in [0.15, 0.2) is 0 Å². The monoisotopic (exact) mass is 256 g/mol. The van der Waals surface area contributed by atoms with Crippen molar-refractivity contribution < 1.29 is 5.11 Å². The van der Waals surface area contributed by atoms with Crippen LogP contribution in [0.2, 0.25) is 0 Å². The molecule has 4 atom stereocenters. The fourth-order valence-corrected chi connectivity index (χ4v) is 3.20. The lowest BCUT2D eigenvalue weighted by Gasteiger charge is -2.36. The van der Waals surface area contributed by atoms with E-state index in [-0.39, 0.29) is 11.5 Å². The third kappa shape index (κ3) is 0.984. The zero-order chi connectivity index (χ0) is 9.92. The summed E-state index contributed by atoms with van der Waals surface area (Å²) in [6, 6.07) is 0.524. The highest BCUT2D eigenvalue weighted by Crippen LogP contribution is 2.73. The molecule has 2 fully saturated rings. The molecule has 2 aliphatic carbocycles. The average Bonchev–Trinajstić information content (AvgIpc) is 2.50. The first-order valence-corrected chi connectivity index (χ1v) is 5.80. The molecular formula is C10H13BrN2O. The van der Waals surface area contributed by atoms with E-state index in [4.69, 9.17) is 0 Å². The highest BCUT2D eigenvalue weighted by molar-refractivity contribution is 9.10. The molecular weight excluding hydrogens is 244 g/mol. The van der Waals surface area contributed by atoms with E-state index in [0.29, 0.717) is 12.0 Å². The van der Waals surface area contributed by atoms with Gasteiger partial charge in [-0.1, -0.05) is 0 Å². The second-order valence-electron chi connectivity index (χ2n) is 4.63. The zero-order valence-corrected chi connectivity index (χ0v) is 9.61. The van der Waals surface area contributed by atoms with Crippen LogP contribution in [0.1, 0.15) is 25.8 Å². The molecule has 1 heterocycles. The Bertz CT molecular complexity index is 376. The quantitative estimate of drug-likeness (QED) is 0.879. The lowest BCUT2D eigenvalue weighted by atomic mass is 9.76. The second-order valence-corrected chi connectivity index (χ2v) is 5.55. The molecule has 0 radical (unpaired) electrons. The minimum atomic E-state index is -0.150. The van der Waals surface area contributed by atoms with Crippen LogP contribution < -0.4 is 0 Å². The van der Waals surface area contributed by atoms with Gasteiger partial charge in [-0.15, -0.1) is 0 Å².